The minimum absolute atomic E-state index is 0.0299. The molecule has 0 aromatic carbocycles. The molecule has 2 rings (SSSR count). The van der Waals surface area contributed by atoms with Gasteiger partial charge >= 0.3 is 0 Å². The number of hydrogen-bond acceptors (Lipinski definition) is 4. The monoisotopic (exact) mass is 252 g/mol. The Morgan fingerprint density at radius 3 is 2.89 bits per heavy atom. The first-order valence-electron chi connectivity index (χ1n) is 6.95. The van der Waals surface area contributed by atoms with E-state index < -0.39 is 0 Å². The van der Waals surface area contributed by atoms with E-state index >= 15 is 0 Å². The molecule has 1 aromatic heterocycles. The molecule has 1 fully saturated rings. The zero-order valence-corrected chi connectivity index (χ0v) is 11.6. The number of nitrogens with zero attached hydrogens (tertiary/aromatic N) is 2. The number of oxazole rings is 1. The number of aliphatic hydroxyl groups is 1. The second-order valence-electron chi connectivity index (χ2n) is 5.53. The molecular formula is C14H24N2O2. The summed E-state index contributed by atoms with van der Waals surface area (Å²) in [6, 6.07) is 0.819. The number of hydrogen-bond donors (Lipinski definition) is 1. The Labute approximate surface area is 109 Å². The van der Waals surface area contributed by atoms with Gasteiger partial charge in [0.2, 0.25) is 5.89 Å². The van der Waals surface area contributed by atoms with Crippen molar-refractivity contribution in [3.8, 4) is 0 Å². The van der Waals surface area contributed by atoms with Crippen molar-refractivity contribution in [2.75, 3.05) is 13.2 Å². The predicted octanol–water partition coefficient (Wildman–Crippen LogP) is 2.71. The lowest BCUT2D eigenvalue weighted by atomic mass is 10.0. The summed E-state index contributed by atoms with van der Waals surface area (Å²) in [5.74, 6) is 1.64. The van der Waals surface area contributed by atoms with Crippen LogP contribution >= 0.6 is 0 Å². The molecule has 0 spiro atoms. The van der Waals surface area contributed by atoms with E-state index in [9.17, 15) is 0 Å². The Hall–Kier alpha value is -0.870. The van der Waals surface area contributed by atoms with Gasteiger partial charge in [-0.3, -0.25) is 4.90 Å². The van der Waals surface area contributed by atoms with E-state index in [1.165, 1.54) is 12.8 Å². The Balaban J connectivity index is 2.15. The average molecular weight is 252 g/mol. The van der Waals surface area contributed by atoms with Crippen molar-refractivity contribution in [2.45, 2.75) is 58.0 Å². The molecule has 1 N–H and O–H groups in total. The van der Waals surface area contributed by atoms with Crippen molar-refractivity contribution >= 4 is 0 Å². The van der Waals surface area contributed by atoms with Gasteiger partial charge in [0.15, 0.2) is 0 Å². The summed E-state index contributed by atoms with van der Waals surface area (Å²) in [6.07, 6.45) is 5.38. The van der Waals surface area contributed by atoms with Crippen molar-refractivity contribution < 1.29 is 9.52 Å². The molecular weight excluding hydrogens is 228 g/mol. The van der Waals surface area contributed by atoms with Gasteiger partial charge in [0.1, 0.15) is 5.76 Å². The van der Waals surface area contributed by atoms with E-state index in [-0.39, 0.29) is 12.5 Å². The molecule has 18 heavy (non-hydrogen) atoms. The standard InChI is InChI=1S/C14H24N2O2/c1-10(2)16-7-5-4-6-12(16)14-15-8-13(18-14)11(3)9-17/h8,10-12,17H,4-7,9H2,1-3H3. The molecule has 4 heteroatoms. The van der Waals surface area contributed by atoms with Gasteiger partial charge < -0.3 is 9.52 Å². The van der Waals surface area contributed by atoms with Gasteiger partial charge in [-0.2, -0.15) is 0 Å². The van der Waals surface area contributed by atoms with Crippen LogP contribution in [0.3, 0.4) is 0 Å². The molecule has 0 saturated carbocycles. The molecule has 1 aliphatic rings. The smallest absolute Gasteiger partial charge is 0.211 e. The van der Waals surface area contributed by atoms with Crippen LogP contribution in [0, 0.1) is 0 Å². The summed E-state index contributed by atoms with van der Waals surface area (Å²) in [5, 5.41) is 9.15. The molecule has 102 valence electrons. The SMILES string of the molecule is CC(CO)c1cnc(C2CCCCN2C(C)C)o1. The second kappa shape index (κ2) is 5.85. The third-order valence-electron chi connectivity index (χ3n) is 3.79. The Morgan fingerprint density at radius 1 is 1.44 bits per heavy atom. The molecule has 0 amide bonds. The fourth-order valence-electron chi connectivity index (χ4n) is 2.61. The first kappa shape index (κ1) is 13.6. The minimum atomic E-state index is 0.0299. The highest BCUT2D eigenvalue weighted by atomic mass is 16.4. The van der Waals surface area contributed by atoms with Crippen LogP contribution in [0.5, 0.6) is 0 Å². The Kier molecular flexibility index (Phi) is 4.40. The average Bonchev–Trinajstić information content (AvgIpc) is 2.87. The van der Waals surface area contributed by atoms with Crippen LogP contribution in [-0.4, -0.2) is 34.2 Å². The highest BCUT2D eigenvalue weighted by Gasteiger charge is 2.29. The van der Waals surface area contributed by atoms with Crippen LogP contribution in [0.25, 0.3) is 0 Å². The van der Waals surface area contributed by atoms with Crippen molar-refractivity contribution in [1.29, 1.82) is 0 Å². The van der Waals surface area contributed by atoms with Crippen molar-refractivity contribution in [3.63, 3.8) is 0 Å². The van der Waals surface area contributed by atoms with Gasteiger partial charge in [-0.1, -0.05) is 13.3 Å². The van der Waals surface area contributed by atoms with Gasteiger partial charge in [0, 0.05) is 12.0 Å². The van der Waals surface area contributed by atoms with E-state index in [2.05, 4.69) is 23.7 Å². The van der Waals surface area contributed by atoms with Gasteiger partial charge in [-0.25, -0.2) is 4.98 Å². The summed E-state index contributed by atoms with van der Waals surface area (Å²) < 4.78 is 5.84. The van der Waals surface area contributed by atoms with E-state index in [4.69, 9.17) is 9.52 Å². The summed E-state index contributed by atoms with van der Waals surface area (Å²) >= 11 is 0. The summed E-state index contributed by atoms with van der Waals surface area (Å²) in [4.78, 5) is 6.88. The van der Waals surface area contributed by atoms with E-state index in [1.807, 2.05) is 6.92 Å². The molecule has 1 aliphatic heterocycles. The number of rotatable bonds is 4. The van der Waals surface area contributed by atoms with Gasteiger partial charge in [0.05, 0.1) is 18.8 Å². The fourth-order valence-corrected chi connectivity index (χ4v) is 2.61. The number of piperidine rings is 1. The summed E-state index contributed by atoms with van der Waals surface area (Å²) in [5.41, 5.74) is 0. The molecule has 0 aliphatic carbocycles. The van der Waals surface area contributed by atoms with Crippen LogP contribution in [-0.2, 0) is 0 Å². The highest BCUT2D eigenvalue weighted by Crippen LogP contribution is 2.32. The minimum Gasteiger partial charge on any atom is -0.444 e. The van der Waals surface area contributed by atoms with Crippen molar-refractivity contribution in [1.82, 2.24) is 9.88 Å². The molecule has 4 nitrogen and oxygen atoms in total. The molecule has 1 saturated heterocycles. The first-order chi connectivity index (χ1) is 8.63. The lowest BCUT2D eigenvalue weighted by molar-refractivity contribution is 0.0907. The molecule has 2 heterocycles. The number of aromatic nitrogens is 1. The zero-order valence-electron chi connectivity index (χ0n) is 11.6. The number of likely N-dealkylation sites (tertiary alicyclic amines) is 1. The van der Waals surface area contributed by atoms with Crippen LogP contribution in [0.2, 0.25) is 0 Å². The first-order valence-corrected chi connectivity index (χ1v) is 6.95. The van der Waals surface area contributed by atoms with Crippen LogP contribution in [0.4, 0.5) is 0 Å². The lowest BCUT2D eigenvalue weighted by Crippen LogP contribution is -2.38. The third kappa shape index (κ3) is 2.75. The van der Waals surface area contributed by atoms with Gasteiger partial charge in [-0.05, 0) is 33.2 Å². The molecule has 2 unspecified atom stereocenters. The lowest BCUT2D eigenvalue weighted by Gasteiger charge is -2.36. The molecule has 0 radical (unpaired) electrons. The number of aliphatic hydroxyl groups excluding tert-OH is 1. The van der Waals surface area contributed by atoms with Gasteiger partial charge in [-0.15, -0.1) is 0 Å². The molecule has 2 atom stereocenters. The third-order valence-corrected chi connectivity index (χ3v) is 3.79. The summed E-state index contributed by atoms with van der Waals surface area (Å²) in [6.45, 7) is 7.62. The van der Waals surface area contributed by atoms with Crippen LogP contribution in [0.1, 0.15) is 63.6 Å². The van der Waals surface area contributed by atoms with Crippen molar-refractivity contribution in [2.24, 2.45) is 0 Å². The van der Waals surface area contributed by atoms with Crippen LogP contribution in [0.15, 0.2) is 10.6 Å². The van der Waals surface area contributed by atoms with Crippen molar-refractivity contribution in [3.05, 3.63) is 17.8 Å². The topological polar surface area (TPSA) is 49.5 Å². The van der Waals surface area contributed by atoms with Gasteiger partial charge in [0.25, 0.3) is 0 Å². The zero-order chi connectivity index (χ0) is 13.1. The van der Waals surface area contributed by atoms with E-state index in [1.54, 1.807) is 6.20 Å². The maximum Gasteiger partial charge on any atom is 0.211 e. The molecule has 1 aromatic rings. The maximum absolute atomic E-state index is 9.15. The fraction of sp³-hybridized carbons (Fsp3) is 0.786. The quantitative estimate of drug-likeness (QED) is 0.895. The summed E-state index contributed by atoms with van der Waals surface area (Å²) in [7, 11) is 0. The second-order valence-corrected chi connectivity index (χ2v) is 5.53. The Morgan fingerprint density at radius 2 is 2.22 bits per heavy atom. The normalized spacial score (nSPS) is 23.5. The molecule has 0 bridgehead atoms. The predicted molar refractivity (Wildman–Crippen MR) is 70.4 cm³/mol. The maximum atomic E-state index is 9.15. The van der Waals surface area contributed by atoms with E-state index in [0.29, 0.717) is 12.1 Å². The largest absolute Gasteiger partial charge is 0.444 e. The Bertz CT molecular complexity index is 376. The van der Waals surface area contributed by atoms with E-state index in [0.717, 1.165) is 24.6 Å². The van der Waals surface area contributed by atoms with Crippen LogP contribution < -0.4 is 0 Å². The highest BCUT2D eigenvalue weighted by molar-refractivity contribution is 5.04.